The van der Waals surface area contributed by atoms with Crippen LogP contribution in [0.3, 0.4) is 0 Å². The highest BCUT2D eigenvalue weighted by Crippen LogP contribution is 2.21. The molecule has 9 heteroatoms. The van der Waals surface area contributed by atoms with Crippen molar-refractivity contribution in [2.45, 2.75) is 16.7 Å². The number of nitrogens with zero attached hydrogens (tertiary/aromatic N) is 2. The summed E-state index contributed by atoms with van der Waals surface area (Å²) in [6, 6.07) is 13.4. The van der Waals surface area contributed by atoms with Crippen molar-refractivity contribution in [2.24, 2.45) is 0 Å². The van der Waals surface area contributed by atoms with Crippen LogP contribution < -0.4 is 5.32 Å². The quantitative estimate of drug-likeness (QED) is 0.732. The molecule has 1 fully saturated rings. The highest BCUT2D eigenvalue weighted by atomic mass is 32.2. The Labute approximate surface area is 175 Å². The molecule has 1 aliphatic rings. The fourth-order valence-corrected chi connectivity index (χ4v) is 4.94. The van der Waals surface area contributed by atoms with E-state index in [-0.39, 0.29) is 35.4 Å². The minimum atomic E-state index is -3.74. The fraction of sp³-hybridized carbons (Fsp3) is 0.300. The maximum absolute atomic E-state index is 13.0. The first kappa shape index (κ1) is 21.4. The molecule has 0 radical (unpaired) electrons. The topological polar surface area (TPSA) is 86.8 Å². The van der Waals surface area contributed by atoms with Crippen molar-refractivity contribution in [2.75, 3.05) is 37.8 Å². The standard InChI is InChI=1S/C20H23N3O4S2/c1-15(24)22-10-12-23(13-11-22)29(26,27)19-5-3-4-16(14-19)20(25)21-17-6-8-18(28-2)9-7-17/h3-9,14H,10-13H2,1-2H3,(H,21,25). The van der Waals surface area contributed by atoms with Crippen molar-refractivity contribution >= 4 is 39.3 Å². The molecular formula is C20H23N3O4S2. The Bertz CT molecular complexity index is 999. The van der Waals surface area contributed by atoms with Crippen molar-refractivity contribution in [1.29, 1.82) is 0 Å². The fourth-order valence-electron chi connectivity index (χ4n) is 3.07. The van der Waals surface area contributed by atoms with Crippen molar-refractivity contribution in [1.82, 2.24) is 9.21 Å². The molecule has 2 aromatic carbocycles. The summed E-state index contributed by atoms with van der Waals surface area (Å²) in [5, 5.41) is 2.79. The summed E-state index contributed by atoms with van der Waals surface area (Å²) in [7, 11) is -3.74. The number of rotatable bonds is 5. The number of hydrogen-bond donors (Lipinski definition) is 1. The van der Waals surface area contributed by atoms with Gasteiger partial charge in [0.1, 0.15) is 0 Å². The van der Waals surface area contributed by atoms with Crippen LogP contribution in [0.2, 0.25) is 0 Å². The number of piperazine rings is 1. The Morgan fingerprint density at radius 1 is 1.00 bits per heavy atom. The molecule has 3 rings (SSSR count). The zero-order chi connectivity index (χ0) is 21.0. The van der Waals surface area contributed by atoms with Crippen LogP contribution in [0.5, 0.6) is 0 Å². The first-order chi connectivity index (χ1) is 13.8. The third-order valence-corrected chi connectivity index (χ3v) is 7.40. The van der Waals surface area contributed by atoms with Crippen LogP contribution >= 0.6 is 11.8 Å². The number of sulfonamides is 1. The predicted octanol–water partition coefficient (Wildman–Crippen LogP) is 2.51. The number of benzene rings is 2. The van der Waals surface area contributed by atoms with Crippen LogP contribution in [-0.2, 0) is 14.8 Å². The minimum Gasteiger partial charge on any atom is -0.340 e. The van der Waals surface area contributed by atoms with Gasteiger partial charge in [-0.2, -0.15) is 4.31 Å². The van der Waals surface area contributed by atoms with Gasteiger partial charge in [-0.05, 0) is 48.7 Å². The second-order valence-electron chi connectivity index (χ2n) is 6.62. The molecule has 154 valence electrons. The number of thioether (sulfide) groups is 1. The Morgan fingerprint density at radius 2 is 1.66 bits per heavy atom. The Morgan fingerprint density at radius 3 is 2.24 bits per heavy atom. The molecule has 0 aromatic heterocycles. The van der Waals surface area contributed by atoms with Gasteiger partial charge >= 0.3 is 0 Å². The summed E-state index contributed by atoms with van der Waals surface area (Å²) in [6.45, 7) is 2.67. The normalized spacial score (nSPS) is 15.2. The van der Waals surface area contributed by atoms with Gasteiger partial charge in [-0.1, -0.05) is 6.07 Å². The van der Waals surface area contributed by atoms with Crippen molar-refractivity contribution in [3.8, 4) is 0 Å². The number of anilines is 1. The SMILES string of the molecule is CSc1ccc(NC(=O)c2cccc(S(=O)(=O)N3CCN(C(C)=O)CC3)c2)cc1. The average molecular weight is 434 g/mol. The Kier molecular flexibility index (Phi) is 6.61. The van der Waals surface area contributed by atoms with E-state index < -0.39 is 10.0 Å². The smallest absolute Gasteiger partial charge is 0.255 e. The highest BCUT2D eigenvalue weighted by Gasteiger charge is 2.29. The van der Waals surface area contributed by atoms with E-state index in [0.717, 1.165) is 4.90 Å². The zero-order valence-electron chi connectivity index (χ0n) is 16.3. The molecule has 0 saturated carbocycles. The van der Waals surface area contributed by atoms with E-state index in [1.165, 1.54) is 23.4 Å². The van der Waals surface area contributed by atoms with E-state index in [2.05, 4.69) is 5.32 Å². The summed E-state index contributed by atoms with van der Waals surface area (Å²) in [4.78, 5) is 26.8. The van der Waals surface area contributed by atoms with Crippen LogP contribution in [0, 0.1) is 0 Å². The number of nitrogens with one attached hydrogen (secondary N) is 1. The predicted molar refractivity (Wildman–Crippen MR) is 114 cm³/mol. The maximum atomic E-state index is 13.0. The Hall–Kier alpha value is -2.36. The molecule has 1 aliphatic heterocycles. The van der Waals surface area contributed by atoms with E-state index in [4.69, 9.17) is 0 Å². The van der Waals surface area contributed by atoms with Gasteiger partial charge < -0.3 is 10.2 Å². The lowest BCUT2D eigenvalue weighted by atomic mass is 10.2. The molecule has 2 amide bonds. The van der Waals surface area contributed by atoms with Gasteiger partial charge in [-0.25, -0.2) is 8.42 Å². The largest absolute Gasteiger partial charge is 0.340 e. The third kappa shape index (κ3) is 4.98. The van der Waals surface area contributed by atoms with Gasteiger partial charge in [0.2, 0.25) is 15.9 Å². The minimum absolute atomic E-state index is 0.0636. The number of carbonyl (C=O) groups excluding carboxylic acids is 2. The number of hydrogen-bond acceptors (Lipinski definition) is 5. The van der Waals surface area contributed by atoms with Crippen molar-refractivity contribution < 1.29 is 18.0 Å². The van der Waals surface area contributed by atoms with E-state index in [9.17, 15) is 18.0 Å². The van der Waals surface area contributed by atoms with Crippen LogP contribution in [0.25, 0.3) is 0 Å². The summed E-state index contributed by atoms with van der Waals surface area (Å²) in [5.74, 6) is -0.438. The van der Waals surface area contributed by atoms with Gasteiger partial charge in [0.05, 0.1) is 4.90 Å². The van der Waals surface area contributed by atoms with E-state index in [1.54, 1.807) is 40.9 Å². The van der Waals surface area contributed by atoms with Crippen molar-refractivity contribution in [3.05, 3.63) is 54.1 Å². The van der Waals surface area contributed by atoms with Gasteiger partial charge in [-0.3, -0.25) is 9.59 Å². The monoisotopic (exact) mass is 433 g/mol. The van der Waals surface area contributed by atoms with Gasteiger partial charge in [-0.15, -0.1) is 11.8 Å². The molecule has 0 unspecified atom stereocenters. The molecule has 2 aromatic rings. The molecule has 7 nitrogen and oxygen atoms in total. The molecule has 0 aliphatic carbocycles. The second kappa shape index (κ2) is 8.98. The van der Waals surface area contributed by atoms with Crippen LogP contribution in [0.4, 0.5) is 5.69 Å². The number of amides is 2. The van der Waals surface area contributed by atoms with Crippen LogP contribution in [-0.4, -0.2) is 61.9 Å². The van der Waals surface area contributed by atoms with E-state index >= 15 is 0 Å². The van der Waals surface area contributed by atoms with E-state index in [1.807, 2.05) is 18.4 Å². The summed E-state index contributed by atoms with van der Waals surface area (Å²) < 4.78 is 27.3. The average Bonchev–Trinajstić information content (AvgIpc) is 2.74. The van der Waals surface area contributed by atoms with Crippen LogP contribution in [0.1, 0.15) is 17.3 Å². The maximum Gasteiger partial charge on any atom is 0.255 e. The molecule has 1 N–H and O–H groups in total. The summed E-state index contributed by atoms with van der Waals surface area (Å²) >= 11 is 1.61. The van der Waals surface area contributed by atoms with Gasteiger partial charge in [0, 0.05) is 49.2 Å². The highest BCUT2D eigenvalue weighted by molar-refractivity contribution is 7.98. The van der Waals surface area contributed by atoms with Crippen LogP contribution in [0.15, 0.2) is 58.3 Å². The molecule has 29 heavy (non-hydrogen) atoms. The molecule has 1 heterocycles. The first-order valence-corrected chi connectivity index (χ1v) is 11.8. The first-order valence-electron chi connectivity index (χ1n) is 9.12. The third-order valence-electron chi connectivity index (χ3n) is 4.77. The zero-order valence-corrected chi connectivity index (χ0v) is 17.9. The molecule has 0 spiro atoms. The molecule has 0 bridgehead atoms. The lowest BCUT2D eigenvalue weighted by molar-refractivity contribution is -0.129. The summed E-state index contributed by atoms with van der Waals surface area (Å²) in [6.07, 6.45) is 1.97. The lowest BCUT2D eigenvalue weighted by Gasteiger charge is -2.33. The number of carbonyl (C=O) groups is 2. The lowest BCUT2D eigenvalue weighted by Crippen LogP contribution is -2.49. The molecule has 1 saturated heterocycles. The van der Waals surface area contributed by atoms with Gasteiger partial charge in [0.25, 0.3) is 5.91 Å². The second-order valence-corrected chi connectivity index (χ2v) is 9.44. The molecular weight excluding hydrogens is 410 g/mol. The molecule has 0 atom stereocenters. The van der Waals surface area contributed by atoms with E-state index in [0.29, 0.717) is 18.8 Å². The Balaban J connectivity index is 1.74. The van der Waals surface area contributed by atoms with Crippen molar-refractivity contribution in [3.63, 3.8) is 0 Å². The van der Waals surface area contributed by atoms with Gasteiger partial charge in [0.15, 0.2) is 0 Å². The summed E-state index contributed by atoms with van der Waals surface area (Å²) in [5.41, 5.74) is 0.906.